The Morgan fingerprint density at radius 3 is 2.90 bits per heavy atom. The van der Waals surface area contributed by atoms with Crippen molar-refractivity contribution in [2.45, 2.75) is 44.7 Å². The fourth-order valence-corrected chi connectivity index (χ4v) is 3.58. The lowest BCUT2D eigenvalue weighted by molar-refractivity contribution is -0.122. The zero-order chi connectivity index (χ0) is 13.9. The Labute approximate surface area is 121 Å². The number of thiophene rings is 1. The smallest absolute Gasteiger partial charge is 0.259 e. The first-order chi connectivity index (χ1) is 9.74. The van der Waals surface area contributed by atoms with Crippen molar-refractivity contribution in [2.24, 2.45) is 0 Å². The van der Waals surface area contributed by atoms with Crippen molar-refractivity contribution in [1.29, 1.82) is 0 Å². The highest BCUT2D eigenvalue weighted by Gasteiger charge is 2.16. The molecule has 1 N–H and O–H groups in total. The van der Waals surface area contributed by atoms with Gasteiger partial charge in [0.05, 0.1) is 5.39 Å². The predicted molar refractivity (Wildman–Crippen MR) is 81.1 cm³/mol. The minimum absolute atomic E-state index is 0.0615. The van der Waals surface area contributed by atoms with E-state index in [-0.39, 0.29) is 24.1 Å². The Balaban J connectivity index is 1.70. The van der Waals surface area contributed by atoms with E-state index in [1.165, 1.54) is 23.8 Å². The Kier molecular flexibility index (Phi) is 3.87. The van der Waals surface area contributed by atoms with Crippen LogP contribution in [0.3, 0.4) is 0 Å². The maximum atomic E-state index is 12.2. The van der Waals surface area contributed by atoms with E-state index in [0.29, 0.717) is 5.39 Å². The molecule has 5 heteroatoms. The molecule has 1 aliphatic carbocycles. The standard InChI is InChI=1S/C15H18N2O2S/c18-14(16-11-4-2-1-3-5-11)10-17-8-6-13-12(15(17)19)7-9-20-13/h6-9,11H,1-5,10H2,(H,16,18). The van der Waals surface area contributed by atoms with E-state index in [4.69, 9.17) is 0 Å². The quantitative estimate of drug-likeness (QED) is 0.944. The maximum absolute atomic E-state index is 12.2. The van der Waals surface area contributed by atoms with E-state index in [0.717, 1.165) is 17.5 Å². The second-order valence-electron chi connectivity index (χ2n) is 5.35. The van der Waals surface area contributed by atoms with Gasteiger partial charge in [0, 0.05) is 16.9 Å². The molecule has 0 aliphatic heterocycles. The molecule has 0 aromatic carbocycles. The van der Waals surface area contributed by atoms with Crippen molar-refractivity contribution in [3.05, 3.63) is 34.1 Å². The summed E-state index contributed by atoms with van der Waals surface area (Å²) in [5.41, 5.74) is -0.0810. The highest BCUT2D eigenvalue weighted by Crippen LogP contribution is 2.18. The fourth-order valence-electron chi connectivity index (χ4n) is 2.81. The van der Waals surface area contributed by atoms with Gasteiger partial charge in [-0.15, -0.1) is 11.3 Å². The van der Waals surface area contributed by atoms with Crippen LogP contribution in [0.25, 0.3) is 10.1 Å². The zero-order valence-corrected chi connectivity index (χ0v) is 12.1. The number of amides is 1. The van der Waals surface area contributed by atoms with Gasteiger partial charge in [-0.2, -0.15) is 0 Å². The Bertz CT molecular complexity index is 668. The molecule has 0 unspecified atom stereocenters. The van der Waals surface area contributed by atoms with Crippen LogP contribution in [0.2, 0.25) is 0 Å². The van der Waals surface area contributed by atoms with Crippen molar-refractivity contribution in [3.63, 3.8) is 0 Å². The molecule has 0 spiro atoms. The number of pyridine rings is 1. The van der Waals surface area contributed by atoms with E-state index in [9.17, 15) is 9.59 Å². The van der Waals surface area contributed by atoms with Gasteiger partial charge in [0.25, 0.3) is 5.56 Å². The lowest BCUT2D eigenvalue weighted by atomic mass is 9.95. The summed E-state index contributed by atoms with van der Waals surface area (Å²) in [6, 6.07) is 4.00. The molecule has 2 aromatic heterocycles. The van der Waals surface area contributed by atoms with Crippen molar-refractivity contribution in [2.75, 3.05) is 0 Å². The summed E-state index contributed by atoms with van der Waals surface area (Å²) in [5, 5.41) is 5.64. The highest BCUT2D eigenvalue weighted by atomic mass is 32.1. The molecular weight excluding hydrogens is 272 g/mol. The molecule has 2 aromatic rings. The van der Waals surface area contributed by atoms with Gasteiger partial charge in [0.1, 0.15) is 6.54 Å². The topological polar surface area (TPSA) is 51.1 Å². The van der Waals surface area contributed by atoms with Gasteiger partial charge in [-0.05, 0) is 30.4 Å². The number of hydrogen-bond donors (Lipinski definition) is 1. The van der Waals surface area contributed by atoms with Crippen molar-refractivity contribution in [3.8, 4) is 0 Å². The van der Waals surface area contributed by atoms with E-state index < -0.39 is 0 Å². The number of nitrogens with zero attached hydrogens (tertiary/aromatic N) is 1. The minimum Gasteiger partial charge on any atom is -0.352 e. The molecule has 0 bridgehead atoms. The first-order valence-electron chi connectivity index (χ1n) is 7.10. The molecule has 2 heterocycles. The summed E-state index contributed by atoms with van der Waals surface area (Å²) in [5.74, 6) is -0.0615. The molecule has 4 nitrogen and oxygen atoms in total. The first kappa shape index (κ1) is 13.4. The highest BCUT2D eigenvalue weighted by molar-refractivity contribution is 7.17. The average Bonchev–Trinajstić information content (AvgIpc) is 2.92. The molecular formula is C15H18N2O2S. The van der Waals surface area contributed by atoms with E-state index >= 15 is 0 Å². The Hall–Kier alpha value is -1.62. The van der Waals surface area contributed by atoms with Crippen LogP contribution >= 0.6 is 11.3 Å². The zero-order valence-electron chi connectivity index (χ0n) is 11.3. The summed E-state index contributed by atoms with van der Waals surface area (Å²) in [7, 11) is 0. The third-order valence-electron chi connectivity index (χ3n) is 3.88. The molecule has 106 valence electrons. The van der Waals surface area contributed by atoms with Crippen LogP contribution in [-0.2, 0) is 11.3 Å². The summed E-state index contributed by atoms with van der Waals surface area (Å²) in [6.45, 7) is 0.112. The van der Waals surface area contributed by atoms with Gasteiger partial charge in [0.15, 0.2) is 0 Å². The van der Waals surface area contributed by atoms with E-state index in [1.54, 1.807) is 17.5 Å². The summed E-state index contributed by atoms with van der Waals surface area (Å²) in [6.07, 6.45) is 7.47. The fraction of sp³-hybridized carbons (Fsp3) is 0.467. The van der Waals surface area contributed by atoms with Gasteiger partial charge in [0.2, 0.25) is 5.91 Å². The number of hydrogen-bond acceptors (Lipinski definition) is 3. The van der Waals surface area contributed by atoms with E-state index in [1.807, 2.05) is 17.5 Å². The number of carbonyl (C=O) groups excluding carboxylic acids is 1. The molecule has 1 saturated carbocycles. The number of nitrogens with one attached hydrogen (secondary N) is 1. The van der Waals surface area contributed by atoms with Crippen LogP contribution in [0, 0.1) is 0 Å². The number of aromatic nitrogens is 1. The van der Waals surface area contributed by atoms with Crippen molar-refractivity contribution < 1.29 is 4.79 Å². The van der Waals surface area contributed by atoms with Gasteiger partial charge in [-0.1, -0.05) is 19.3 Å². The third kappa shape index (κ3) is 2.77. The molecule has 0 radical (unpaired) electrons. The van der Waals surface area contributed by atoms with Gasteiger partial charge < -0.3 is 9.88 Å². The van der Waals surface area contributed by atoms with Crippen LogP contribution in [0.1, 0.15) is 32.1 Å². The lowest BCUT2D eigenvalue weighted by Crippen LogP contribution is -2.39. The molecule has 20 heavy (non-hydrogen) atoms. The molecule has 1 aliphatic rings. The van der Waals surface area contributed by atoms with Crippen LogP contribution in [0.15, 0.2) is 28.5 Å². The number of rotatable bonds is 3. The van der Waals surface area contributed by atoms with Gasteiger partial charge in [-0.3, -0.25) is 9.59 Å². The van der Waals surface area contributed by atoms with Crippen LogP contribution in [0.4, 0.5) is 0 Å². The summed E-state index contributed by atoms with van der Waals surface area (Å²) in [4.78, 5) is 24.2. The Morgan fingerprint density at radius 2 is 2.10 bits per heavy atom. The SMILES string of the molecule is O=C(Cn1ccc2sccc2c1=O)NC1CCCCC1. The van der Waals surface area contributed by atoms with E-state index in [2.05, 4.69) is 5.32 Å². The molecule has 1 amide bonds. The van der Waals surface area contributed by atoms with Crippen LogP contribution in [-0.4, -0.2) is 16.5 Å². The summed E-state index contributed by atoms with van der Waals surface area (Å²) < 4.78 is 2.46. The Morgan fingerprint density at radius 1 is 1.30 bits per heavy atom. The molecule has 1 fully saturated rings. The summed E-state index contributed by atoms with van der Waals surface area (Å²) >= 11 is 1.54. The first-order valence-corrected chi connectivity index (χ1v) is 7.98. The maximum Gasteiger partial charge on any atom is 0.259 e. The average molecular weight is 290 g/mol. The minimum atomic E-state index is -0.0810. The number of fused-ring (bicyclic) bond motifs is 1. The van der Waals surface area contributed by atoms with Crippen molar-refractivity contribution in [1.82, 2.24) is 9.88 Å². The molecule has 0 saturated heterocycles. The van der Waals surface area contributed by atoms with Crippen LogP contribution < -0.4 is 10.9 Å². The van der Waals surface area contributed by atoms with Crippen molar-refractivity contribution >= 4 is 27.3 Å². The third-order valence-corrected chi connectivity index (χ3v) is 4.76. The van der Waals surface area contributed by atoms with Crippen LogP contribution in [0.5, 0.6) is 0 Å². The lowest BCUT2D eigenvalue weighted by Gasteiger charge is -2.22. The van der Waals surface area contributed by atoms with Gasteiger partial charge in [-0.25, -0.2) is 0 Å². The molecule has 3 rings (SSSR count). The molecule has 0 atom stereocenters. The second-order valence-corrected chi connectivity index (χ2v) is 6.30. The number of carbonyl (C=O) groups is 1. The predicted octanol–water partition coefficient (Wildman–Crippen LogP) is 2.51. The normalized spacial score (nSPS) is 16.4. The van der Waals surface area contributed by atoms with Gasteiger partial charge >= 0.3 is 0 Å². The largest absolute Gasteiger partial charge is 0.352 e. The monoisotopic (exact) mass is 290 g/mol. The second kappa shape index (κ2) is 5.79.